The van der Waals surface area contributed by atoms with Gasteiger partial charge in [0.1, 0.15) is 17.3 Å². The summed E-state index contributed by atoms with van der Waals surface area (Å²) >= 11 is 5.82. The molecule has 0 unspecified atom stereocenters. The van der Waals surface area contributed by atoms with Crippen molar-refractivity contribution in [2.24, 2.45) is 0 Å². The molecule has 1 aromatic heterocycles. The molecule has 0 radical (unpaired) electrons. The predicted molar refractivity (Wildman–Crippen MR) is 100 cm³/mol. The standard InChI is InChI=1S/C18H14ClFN2O3.ClH/c19-13-5-7-15(17(9-13)22(23)24)18-8-6-14(25-18)11-21-10-12-3-1-2-4-16(12)20;/h1-9,21H,10-11H2;1H. The van der Waals surface area contributed by atoms with E-state index in [0.29, 0.717) is 35.7 Å². The van der Waals surface area contributed by atoms with Gasteiger partial charge in [-0.3, -0.25) is 10.1 Å². The maximum absolute atomic E-state index is 13.6. The molecule has 0 saturated carbocycles. The van der Waals surface area contributed by atoms with Crippen LogP contribution in [0.5, 0.6) is 0 Å². The van der Waals surface area contributed by atoms with Crippen LogP contribution in [-0.2, 0) is 13.1 Å². The summed E-state index contributed by atoms with van der Waals surface area (Å²) in [6.07, 6.45) is 0. The van der Waals surface area contributed by atoms with Crippen LogP contribution in [0.15, 0.2) is 59.0 Å². The molecule has 0 bridgehead atoms. The molecule has 0 fully saturated rings. The summed E-state index contributed by atoms with van der Waals surface area (Å²) in [5.74, 6) is 0.702. The summed E-state index contributed by atoms with van der Waals surface area (Å²) < 4.78 is 19.2. The summed E-state index contributed by atoms with van der Waals surface area (Å²) in [6.45, 7) is 0.722. The Kier molecular flexibility index (Phi) is 6.74. The van der Waals surface area contributed by atoms with Gasteiger partial charge in [0, 0.05) is 23.2 Å². The second kappa shape index (κ2) is 8.80. The highest BCUT2D eigenvalue weighted by molar-refractivity contribution is 6.30. The monoisotopic (exact) mass is 396 g/mol. The van der Waals surface area contributed by atoms with E-state index < -0.39 is 4.92 Å². The lowest BCUT2D eigenvalue weighted by Gasteiger charge is -2.04. The third-order valence-corrected chi connectivity index (χ3v) is 3.89. The van der Waals surface area contributed by atoms with Crippen molar-refractivity contribution in [3.8, 4) is 11.3 Å². The normalized spacial score (nSPS) is 10.4. The maximum Gasteiger partial charge on any atom is 0.281 e. The topological polar surface area (TPSA) is 68.3 Å². The summed E-state index contributed by atoms with van der Waals surface area (Å²) in [5.41, 5.74) is 0.796. The fraction of sp³-hybridized carbons (Fsp3) is 0.111. The molecule has 0 atom stereocenters. The molecule has 3 aromatic rings. The van der Waals surface area contributed by atoms with Crippen LogP contribution in [0, 0.1) is 15.9 Å². The molecule has 0 saturated heterocycles. The molecule has 26 heavy (non-hydrogen) atoms. The van der Waals surface area contributed by atoms with Gasteiger partial charge in [0.05, 0.1) is 17.0 Å². The Labute approximate surface area is 160 Å². The Hall–Kier alpha value is -2.41. The van der Waals surface area contributed by atoms with Crippen molar-refractivity contribution in [2.45, 2.75) is 13.1 Å². The number of nitrogens with one attached hydrogen (secondary N) is 1. The zero-order chi connectivity index (χ0) is 17.8. The molecule has 1 N–H and O–H groups in total. The van der Waals surface area contributed by atoms with E-state index in [1.54, 1.807) is 42.5 Å². The molecule has 0 aliphatic heterocycles. The van der Waals surface area contributed by atoms with Gasteiger partial charge in [-0.05, 0) is 30.3 Å². The molecular weight excluding hydrogens is 382 g/mol. The van der Waals surface area contributed by atoms with Gasteiger partial charge in [-0.15, -0.1) is 12.4 Å². The first kappa shape index (κ1) is 19.9. The van der Waals surface area contributed by atoms with Crippen LogP contribution < -0.4 is 5.32 Å². The summed E-state index contributed by atoms with van der Waals surface area (Å²) in [7, 11) is 0. The Balaban J connectivity index is 0.00000243. The Morgan fingerprint density at radius 1 is 1.12 bits per heavy atom. The highest BCUT2D eigenvalue weighted by Crippen LogP contribution is 2.33. The first-order valence-electron chi connectivity index (χ1n) is 7.52. The SMILES string of the molecule is Cl.O=[N+]([O-])c1cc(Cl)ccc1-c1ccc(CNCc2ccccc2F)o1. The number of halogens is 3. The lowest BCUT2D eigenvalue weighted by atomic mass is 10.1. The van der Waals surface area contributed by atoms with E-state index in [4.69, 9.17) is 16.0 Å². The van der Waals surface area contributed by atoms with Crippen LogP contribution >= 0.6 is 24.0 Å². The number of nitro benzene ring substituents is 1. The second-order valence-electron chi connectivity index (χ2n) is 5.38. The highest BCUT2D eigenvalue weighted by Gasteiger charge is 2.18. The maximum atomic E-state index is 13.6. The molecule has 5 nitrogen and oxygen atoms in total. The molecule has 0 amide bonds. The van der Waals surface area contributed by atoms with Gasteiger partial charge in [-0.2, -0.15) is 0 Å². The molecule has 0 spiro atoms. The molecular formula is C18H15Cl2FN2O3. The van der Waals surface area contributed by atoms with Gasteiger partial charge in [0.15, 0.2) is 0 Å². The molecule has 8 heteroatoms. The molecule has 0 aliphatic rings. The first-order valence-corrected chi connectivity index (χ1v) is 7.89. The number of hydrogen-bond acceptors (Lipinski definition) is 4. The Morgan fingerprint density at radius 2 is 1.88 bits per heavy atom. The third kappa shape index (κ3) is 4.60. The number of nitro groups is 1. The van der Waals surface area contributed by atoms with Gasteiger partial charge in [-0.1, -0.05) is 29.8 Å². The van der Waals surface area contributed by atoms with Crippen molar-refractivity contribution >= 4 is 29.7 Å². The summed E-state index contributed by atoms with van der Waals surface area (Å²) in [5, 5.41) is 14.5. The van der Waals surface area contributed by atoms with Crippen molar-refractivity contribution in [2.75, 3.05) is 0 Å². The van der Waals surface area contributed by atoms with Crippen molar-refractivity contribution in [1.29, 1.82) is 0 Å². The zero-order valence-corrected chi connectivity index (χ0v) is 15.0. The lowest BCUT2D eigenvalue weighted by molar-refractivity contribution is -0.384. The smallest absolute Gasteiger partial charge is 0.281 e. The second-order valence-corrected chi connectivity index (χ2v) is 5.82. The Bertz CT molecular complexity index is 915. The van der Waals surface area contributed by atoms with Crippen molar-refractivity contribution in [3.63, 3.8) is 0 Å². The van der Waals surface area contributed by atoms with Gasteiger partial charge in [0.25, 0.3) is 5.69 Å². The van der Waals surface area contributed by atoms with Gasteiger partial charge < -0.3 is 9.73 Å². The van der Waals surface area contributed by atoms with E-state index in [2.05, 4.69) is 5.32 Å². The van der Waals surface area contributed by atoms with Gasteiger partial charge in [0.2, 0.25) is 0 Å². The fourth-order valence-electron chi connectivity index (χ4n) is 2.44. The summed E-state index contributed by atoms with van der Waals surface area (Å²) in [6, 6.07) is 14.3. The van der Waals surface area contributed by atoms with Gasteiger partial charge >= 0.3 is 0 Å². The van der Waals surface area contributed by atoms with E-state index in [1.807, 2.05) is 0 Å². The van der Waals surface area contributed by atoms with E-state index >= 15 is 0 Å². The predicted octanol–water partition coefficient (Wildman–Crippen LogP) is 5.36. The molecule has 136 valence electrons. The molecule has 1 heterocycles. The van der Waals surface area contributed by atoms with E-state index in [9.17, 15) is 14.5 Å². The van der Waals surface area contributed by atoms with Crippen LogP contribution in [0.25, 0.3) is 11.3 Å². The van der Waals surface area contributed by atoms with E-state index in [1.165, 1.54) is 12.1 Å². The van der Waals surface area contributed by atoms with Crippen molar-refractivity contribution in [1.82, 2.24) is 5.32 Å². The van der Waals surface area contributed by atoms with Crippen LogP contribution in [-0.4, -0.2) is 4.92 Å². The number of hydrogen-bond donors (Lipinski definition) is 1. The van der Waals surface area contributed by atoms with E-state index in [0.717, 1.165) is 0 Å². The Morgan fingerprint density at radius 3 is 2.62 bits per heavy atom. The molecule has 0 aliphatic carbocycles. The summed E-state index contributed by atoms with van der Waals surface area (Å²) in [4.78, 5) is 10.7. The number of benzene rings is 2. The largest absolute Gasteiger partial charge is 0.459 e. The minimum atomic E-state index is -0.500. The average Bonchev–Trinajstić information content (AvgIpc) is 3.05. The fourth-order valence-corrected chi connectivity index (χ4v) is 2.61. The zero-order valence-electron chi connectivity index (χ0n) is 13.4. The number of furan rings is 1. The van der Waals surface area contributed by atoms with Crippen LogP contribution in [0.1, 0.15) is 11.3 Å². The van der Waals surface area contributed by atoms with E-state index in [-0.39, 0.29) is 28.9 Å². The minimum absolute atomic E-state index is 0. The quantitative estimate of drug-likeness (QED) is 0.449. The average molecular weight is 397 g/mol. The highest BCUT2D eigenvalue weighted by atomic mass is 35.5. The number of nitrogens with zero attached hydrogens (tertiary/aromatic N) is 1. The lowest BCUT2D eigenvalue weighted by Crippen LogP contribution is -2.13. The van der Waals surface area contributed by atoms with Crippen LogP contribution in [0.2, 0.25) is 5.02 Å². The van der Waals surface area contributed by atoms with Crippen LogP contribution in [0.4, 0.5) is 10.1 Å². The van der Waals surface area contributed by atoms with Crippen molar-refractivity contribution in [3.05, 3.63) is 86.9 Å². The van der Waals surface area contributed by atoms with Crippen molar-refractivity contribution < 1.29 is 13.7 Å². The van der Waals surface area contributed by atoms with Crippen LogP contribution in [0.3, 0.4) is 0 Å². The molecule has 2 aromatic carbocycles. The third-order valence-electron chi connectivity index (χ3n) is 3.66. The minimum Gasteiger partial charge on any atom is -0.459 e. The first-order chi connectivity index (χ1) is 12.0. The molecule has 3 rings (SSSR count). The number of rotatable bonds is 6. The van der Waals surface area contributed by atoms with Gasteiger partial charge in [-0.25, -0.2) is 4.39 Å².